The number of thioether (sulfide) groups is 1. The summed E-state index contributed by atoms with van der Waals surface area (Å²) in [7, 11) is 0. The molecule has 0 unspecified atom stereocenters. The van der Waals surface area contributed by atoms with Crippen LogP contribution in [0.2, 0.25) is 0 Å². The molecule has 4 nitrogen and oxygen atoms in total. The number of aromatic nitrogens is 2. The summed E-state index contributed by atoms with van der Waals surface area (Å²) >= 11 is 1.73. The monoisotopic (exact) mass is 341 g/mol. The largest absolute Gasteiger partial charge is 0.508 e. The van der Waals surface area contributed by atoms with Gasteiger partial charge in [0.25, 0.3) is 0 Å². The molecule has 6 heteroatoms. The lowest BCUT2D eigenvalue weighted by molar-refractivity contribution is 0.474. The molecule has 0 amide bonds. The van der Waals surface area contributed by atoms with Gasteiger partial charge in [-0.3, -0.25) is 0 Å². The first-order valence-electron chi connectivity index (χ1n) is 7.09. The maximum Gasteiger partial charge on any atom is 0.140 e. The van der Waals surface area contributed by atoms with Gasteiger partial charge in [-0.15, -0.1) is 0 Å². The van der Waals surface area contributed by atoms with E-state index in [0.29, 0.717) is 5.75 Å². The number of rotatable bonds is 3. The average Bonchev–Trinajstić information content (AvgIpc) is 3.11. The van der Waals surface area contributed by atoms with E-state index < -0.39 is 5.82 Å². The van der Waals surface area contributed by atoms with E-state index in [-0.39, 0.29) is 5.56 Å². The van der Waals surface area contributed by atoms with Crippen LogP contribution in [0.1, 0.15) is 11.1 Å². The fourth-order valence-corrected chi connectivity index (χ4v) is 2.59. The highest BCUT2D eigenvalue weighted by Crippen LogP contribution is 2.23. The molecule has 0 aliphatic carbocycles. The summed E-state index contributed by atoms with van der Waals surface area (Å²) in [5, 5.41) is 17.7. The number of hydrogen-bond acceptors (Lipinski definition) is 4. The Morgan fingerprint density at radius 1 is 1.29 bits per heavy atom. The normalized spacial score (nSPS) is 9.71. The number of hydrogen-bond donors (Lipinski definition) is 1. The van der Waals surface area contributed by atoms with Crippen LogP contribution >= 0.6 is 11.8 Å². The van der Waals surface area contributed by atoms with Gasteiger partial charge in [-0.1, -0.05) is 12.1 Å². The topological polar surface area (TPSA) is 61.8 Å². The summed E-state index contributed by atoms with van der Waals surface area (Å²) in [5.74, 6) is 0.727. The number of phenols is 1. The number of nitriles is 1. The number of imidazole rings is 1. The highest BCUT2D eigenvalue weighted by atomic mass is 32.2. The van der Waals surface area contributed by atoms with E-state index in [4.69, 9.17) is 5.26 Å². The summed E-state index contributed by atoms with van der Waals surface area (Å²) in [5.41, 5.74) is 2.28. The van der Waals surface area contributed by atoms with Crippen molar-refractivity contribution >= 4 is 11.8 Å². The Balaban J connectivity index is 0.000000198. The number of aromatic hydroxyl groups is 1. The molecule has 3 aromatic rings. The van der Waals surface area contributed by atoms with Crippen molar-refractivity contribution in [2.75, 3.05) is 6.26 Å². The summed E-state index contributed by atoms with van der Waals surface area (Å²) < 4.78 is 14.3. The lowest BCUT2D eigenvalue weighted by Crippen LogP contribution is -1.95. The zero-order chi connectivity index (χ0) is 17.4. The first-order chi connectivity index (χ1) is 11.7. The molecule has 1 N–H and O–H groups in total. The van der Waals surface area contributed by atoms with Crippen molar-refractivity contribution in [2.45, 2.75) is 5.75 Å². The van der Waals surface area contributed by atoms with E-state index in [2.05, 4.69) is 4.98 Å². The standard InChI is InChI=1S/C11H12N2OS.C7H4FN/c1-15-7-9-6-10(14)2-3-11(9)13-5-4-12-8-13;8-7-4-2-1-3-6(7)5-9/h2-6,8,14H,7H2,1H3;1-4H. The van der Waals surface area contributed by atoms with Gasteiger partial charge in [0.05, 0.1) is 17.6 Å². The average molecular weight is 341 g/mol. The maximum atomic E-state index is 12.4. The zero-order valence-corrected chi connectivity index (χ0v) is 13.9. The number of nitrogens with zero attached hydrogens (tertiary/aromatic N) is 3. The van der Waals surface area contributed by atoms with Gasteiger partial charge in [0.15, 0.2) is 0 Å². The first kappa shape index (κ1) is 17.6. The minimum absolute atomic E-state index is 0.0949. The third-order valence-corrected chi connectivity index (χ3v) is 3.74. The van der Waals surface area contributed by atoms with Crippen molar-refractivity contribution in [3.8, 4) is 17.5 Å². The smallest absolute Gasteiger partial charge is 0.140 e. The highest BCUT2D eigenvalue weighted by molar-refractivity contribution is 7.97. The van der Waals surface area contributed by atoms with Crippen molar-refractivity contribution in [1.29, 1.82) is 5.26 Å². The maximum absolute atomic E-state index is 12.4. The van der Waals surface area contributed by atoms with Crippen LogP contribution in [0.25, 0.3) is 5.69 Å². The predicted molar refractivity (Wildman–Crippen MR) is 93.6 cm³/mol. The van der Waals surface area contributed by atoms with Gasteiger partial charge in [-0.25, -0.2) is 9.37 Å². The van der Waals surface area contributed by atoms with E-state index in [0.717, 1.165) is 17.0 Å². The van der Waals surface area contributed by atoms with Gasteiger partial charge in [0.1, 0.15) is 17.6 Å². The van der Waals surface area contributed by atoms with Crippen molar-refractivity contribution in [3.05, 3.63) is 78.1 Å². The molecule has 0 bridgehead atoms. The summed E-state index contributed by atoms with van der Waals surface area (Å²) in [6.07, 6.45) is 7.45. The Hall–Kier alpha value is -2.78. The fraction of sp³-hybridized carbons (Fsp3) is 0.111. The Labute approximate surface area is 144 Å². The minimum atomic E-state index is -0.458. The molecule has 2 aromatic carbocycles. The third-order valence-electron chi connectivity index (χ3n) is 3.14. The van der Waals surface area contributed by atoms with Gasteiger partial charge in [0.2, 0.25) is 0 Å². The molecule has 0 aliphatic rings. The van der Waals surface area contributed by atoms with E-state index in [1.807, 2.05) is 23.1 Å². The summed E-state index contributed by atoms with van der Waals surface area (Å²) in [6, 6.07) is 13.0. The van der Waals surface area contributed by atoms with Crippen LogP contribution in [0.4, 0.5) is 4.39 Å². The third kappa shape index (κ3) is 4.61. The van der Waals surface area contributed by atoms with Crippen molar-refractivity contribution in [2.24, 2.45) is 0 Å². The van der Waals surface area contributed by atoms with E-state index in [9.17, 15) is 9.50 Å². The molecule has 0 atom stereocenters. The van der Waals surface area contributed by atoms with Crippen LogP contribution in [-0.4, -0.2) is 20.9 Å². The molecule has 0 fully saturated rings. The van der Waals surface area contributed by atoms with Crippen molar-refractivity contribution in [1.82, 2.24) is 9.55 Å². The fourth-order valence-electron chi connectivity index (χ4n) is 2.05. The first-order valence-corrected chi connectivity index (χ1v) is 8.49. The molecule has 0 saturated carbocycles. The van der Waals surface area contributed by atoms with Gasteiger partial charge in [0, 0.05) is 18.1 Å². The van der Waals surface area contributed by atoms with Crippen LogP contribution in [-0.2, 0) is 5.75 Å². The lowest BCUT2D eigenvalue weighted by Gasteiger charge is -2.09. The molecule has 0 saturated heterocycles. The zero-order valence-electron chi connectivity index (χ0n) is 13.1. The molecule has 122 valence electrons. The Morgan fingerprint density at radius 3 is 2.67 bits per heavy atom. The summed E-state index contributed by atoms with van der Waals surface area (Å²) in [4.78, 5) is 4.02. The number of benzene rings is 2. The molecule has 0 aliphatic heterocycles. The second kappa shape index (κ2) is 8.75. The second-order valence-corrected chi connectivity index (χ2v) is 5.67. The molecular formula is C18H16FN3OS. The Bertz CT molecular complexity index is 829. The molecule has 3 rings (SSSR count). The van der Waals surface area contributed by atoms with Crippen LogP contribution in [0.15, 0.2) is 61.2 Å². The summed E-state index contributed by atoms with van der Waals surface area (Å²) in [6.45, 7) is 0. The molecular weight excluding hydrogens is 325 g/mol. The number of halogens is 1. The van der Waals surface area contributed by atoms with Gasteiger partial charge >= 0.3 is 0 Å². The minimum Gasteiger partial charge on any atom is -0.508 e. The van der Waals surface area contributed by atoms with Crippen molar-refractivity contribution in [3.63, 3.8) is 0 Å². The quantitative estimate of drug-likeness (QED) is 0.778. The van der Waals surface area contributed by atoms with Gasteiger partial charge in [-0.2, -0.15) is 17.0 Å². The Kier molecular flexibility index (Phi) is 6.41. The second-order valence-electron chi connectivity index (χ2n) is 4.81. The van der Waals surface area contributed by atoms with Crippen LogP contribution < -0.4 is 0 Å². The molecule has 0 spiro atoms. The van der Waals surface area contributed by atoms with Crippen LogP contribution in [0.5, 0.6) is 5.75 Å². The van der Waals surface area contributed by atoms with E-state index in [1.165, 1.54) is 12.1 Å². The van der Waals surface area contributed by atoms with Gasteiger partial charge < -0.3 is 9.67 Å². The van der Waals surface area contributed by atoms with Crippen molar-refractivity contribution < 1.29 is 9.50 Å². The highest BCUT2D eigenvalue weighted by Gasteiger charge is 2.04. The van der Waals surface area contributed by atoms with Gasteiger partial charge in [-0.05, 0) is 42.2 Å². The van der Waals surface area contributed by atoms with Crippen LogP contribution in [0, 0.1) is 17.1 Å². The van der Waals surface area contributed by atoms with Crippen LogP contribution in [0.3, 0.4) is 0 Å². The lowest BCUT2D eigenvalue weighted by atomic mass is 10.2. The molecule has 1 aromatic heterocycles. The Morgan fingerprint density at radius 2 is 2.08 bits per heavy atom. The number of phenolic OH excluding ortho intramolecular Hbond substituents is 1. The molecule has 1 heterocycles. The predicted octanol–water partition coefficient (Wildman–Crippen LogP) is 4.14. The molecule has 24 heavy (non-hydrogen) atoms. The van der Waals surface area contributed by atoms with E-state index >= 15 is 0 Å². The SMILES string of the molecule is CSCc1cc(O)ccc1-n1ccnc1.N#Cc1ccccc1F. The molecule has 0 radical (unpaired) electrons. The van der Waals surface area contributed by atoms with E-state index in [1.54, 1.807) is 54.6 Å².